The summed E-state index contributed by atoms with van der Waals surface area (Å²) in [6, 6.07) is 0. The third kappa shape index (κ3) is 3.40. The van der Waals surface area contributed by atoms with E-state index in [4.69, 9.17) is 6.42 Å². The molecule has 13 heavy (non-hydrogen) atoms. The quantitative estimate of drug-likeness (QED) is 0.505. The average Bonchev–Trinajstić information content (AvgIpc) is 2.54. The minimum Gasteiger partial charge on any atom is -0.319 e. The summed E-state index contributed by atoms with van der Waals surface area (Å²) in [4.78, 5) is 0. The van der Waals surface area contributed by atoms with Gasteiger partial charge in [0.2, 0.25) is 0 Å². The molecule has 0 radical (unpaired) electrons. The average molecular weight is 179 g/mol. The third-order valence-electron chi connectivity index (χ3n) is 3.18. The zero-order valence-corrected chi connectivity index (χ0v) is 8.68. The predicted molar refractivity (Wildman–Crippen MR) is 57.4 cm³/mol. The highest BCUT2D eigenvalue weighted by molar-refractivity contribution is 4.85. The van der Waals surface area contributed by atoms with Crippen LogP contribution in [0.2, 0.25) is 0 Å². The van der Waals surface area contributed by atoms with Crippen LogP contribution in [0.25, 0.3) is 0 Å². The largest absolute Gasteiger partial charge is 0.319 e. The van der Waals surface area contributed by atoms with E-state index in [2.05, 4.69) is 18.3 Å². The highest BCUT2D eigenvalue weighted by atomic mass is 14.8. The SMILES string of the molecule is C#CCCCC1CCCC1CNC. The van der Waals surface area contributed by atoms with Gasteiger partial charge in [-0.3, -0.25) is 0 Å². The lowest BCUT2D eigenvalue weighted by atomic mass is 9.91. The molecule has 1 nitrogen and oxygen atoms in total. The molecular weight excluding hydrogens is 158 g/mol. The van der Waals surface area contributed by atoms with Gasteiger partial charge in [0.15, 0.2) is 0 Å². The first-order chi connectivity index (χ1) is 6.38. The van der Waals surface area contributed by atoms with Gasteiger partial charge in [0.05, 0.1) is 0 Å². The van der Waals surface area contributed by atoms with Crippen molar-refractivity contribution in [3.05, 3.63) is 0 Å². The molecule has 0 amide bonds. The van der Waals surface area contributed by atoms with Gasteiger partial charge in [-0.15, -0.1) is 12.3 Å². The third-order valence-corrected chi connectivity index (χ3v) is 3.18. The van der Waals surface area contributed by atoms with Crippen LogP contribution in [0.1, 0.15) is 38.5 Å². The molecule has 0 aromatic carbocycles. The second-order valence-corrected chi connectivity index (χ2v) is 4.11. The molecule has 0 spiro atoms. The Bertz CT molecular complexity index is 168. The Labute approximate surface area is 82.3 Å². The number of hydrogen-bond donors (Lipinski definition) is 1. The molecule has 1 saturated carbocycles. The summed E-state index contributed by atoms with van der Waals surface area (Å²) in [5.41, 5.74) is 0. The van der Waals surface area contributed by atoms with Crippen LogP contribution in [0.5, 0.6) is 0 Å². The Morgan fingerprint density at radius 2 is 2.15 bits per heavy atom. The topological polar surface area (TPSA) is 12.0 Å². The van der Waals surface area contributed by atoms with Crippen molar-refractivity contribution in [2.75, 3.05) is 13.6 Å². The molecule has 1 N–H and O–H groups in total. The second kappa shape index (κ2) is 6.05. The van der Waals surface area contributed by atoms with Gasteiger partial charge in [0, 0.05) is 6.42 Å². The fraction of sp³-hybridized carbons (Fsp3) is 0.833. The van der Waals surface area contributed by atoms with Crippen molar-refractivity contribution >= 4 is 0 Å². The molecular formula is C12H21N. The summed E-state index contributed by atoms with van der Waals surface area (Å²) in [6.07, 6.45) is 13.0. The van der Waals surface area contributed by atoms with E-state index in [1.807, 2.05) is 0 Å². The van der Waals surface area contributed by atoms with Crippen molar-refractivity contribution in [3.8, 4) is 12.3 Å². The maximum atomic E-state index is 5.24. The van der Waals surface area contributed by atoms with E-state index in [0.717, 1.165) is 18.3 Å². The normalized spacial score (nSPS) is 27.4. The standard InChI is InChI=1S/C12H21N/c1-3-4-5-7-11-8-6-9-12(11)10-13-2/h1,11-13H,4-10H2,2H3. The molecule has 0 aromatic rings. The van der Waals surface area contributed by atoms with E-state index in [1.165, 1.54) is 38.6 Å². The molecule has 0 aromatic heterocycles. The minimum atomic E-state index is 0.919. The zero-order chi connectivity index (χ0) is 9.52. The van der Waals surface area contributed by atoms with Crippen molar-refractivity contribution in [3.63, 3.8) is 0 Å². The first kappa shape index (κ1) is 10.6. The number of unbranched alkanes of at least 4 members (excludes halogenated alkanes) is 1. The highest BCUT2D eigenvalue weighted by Crippen LogP contribution is 2.34. The van der Waals surface area contributed by atoms with Crippen LogP contribution < -0.4 is 5.32 Å². The van der Waals surface area contributed by atoms with Crippen molar-refractivity contribution in [2.24, 2.45) is 11.8 Å². The highest BCUT2D eigenvalue weighted by Gasteiger charge is 2.25. The summed E-state index contributed by atoms with van der Waals surface area (Å²) in [5, 5.41) is 3.29. The molecule has 74 valence electrons. The molecule has 0 aliphatic heterocycles. The van der Waals surface area contributed by atoms with Gasteiger partial charge in [0.25, 0.3) is 0 Å². The van der Waals surface area contributed by atoms with E-state index in [0.29, 0.717) is 0 Å². The summed E-state index contributed by atoms with van der Waals surface area (Å²) in [6.45, 7) is 1.20. The van der Waals surface area contributed by atoms with Crippen LogP contribution >= 0.6 is 0 Å². The van der Waals surface area contributed by atoms with E-state index >= 15 is 0 Å². The summed E-state index contributed by atoms with van der Waals surface area (Å²) >= 11 is 0. The van der Waals surface area contributed by atoms with Crippen LogP contribution in [0.3, 0.4) is 0 Å². The minimum absolute atomic E-state index is 0.919. The maximum Gasteiger partial charge on any atom is 0.00861 e. The maximum absolute atomic E-state index is 5.24. The van der Waals surface area contributed by atoms with Gasteiger partial charge < -0.3 is 5.32 Å². The van der Waals surface area contributed by atoms with E-state index < -0.39 is 0 Å². The van der Waals surface area contributed by atoms with E-state index in [-0.39, 0.29) is 0 Å². The lowest BCUT2D eigenvalue weighted by molar-refractivity contribution is 0.349. The van der Waals surface area contributed by atoms with Gasteiger partial charge in [-0.1, -0.05) is 12.8 Å². The molecule has 0 saturated heterocycles. The summed E-state index contributed by atoms with van der Waals surface area (Å²) < 4.78 is 0. The summed E-state index contributed by atoms with van der Waals surface area (Å²) in [7, 11) is 2.05. The second-order valence-electron chi connectivity index (χ2n) is 4.11. The van der Waals surface area contributed by atoms with Crippen molar-refractivity contribution < 1.29 is 0 Å². The van der Waals surface area contributed by atoms with Crippen LogP contribution in [-0.4, -0.2) is 13.6 Å². The first-order valence-electron chi connectivity index (χ1n) is 5.46. The number of rotatable bonds is 5. The van der Waals surface area contributed by atoms with Crippen molar-refractivity contribution in [2.45, 2.75) is 38.5 Å². The van der Waals surface area contributed by atoms with Crippen LogP contribution in [0, 0.1) is 24.2 Å². The molecule has 0 bridgehead atoms. The van der Waals surface area contributed by atoms with Gasteiger partial charge in [-0.25, -0.2) is 0 Å². The Morgan fingerprint density at radius 3 is 2.85 bits per heavy atom. The van der Waals surface area contributed by atoms with E-state index in [1.54, 1.807) is 0 Å². The summed E-state index contributed by atoms with van der Waals surface area (Å²) in [5.74, 6) is 4.59. The van der Waals surface area contributed by atoms with Gasteiger partial charge in [0.1, 0.15) is 0 Å². The monoisotopic (exact) mass is 179 g/mol. The van der Waals surface area contributed by atoms with Crippen LogP contribution in [-0.2, 0) is 0 Å². The fourth-order valence-electron chi connectivity index (χ4n) is 2.49. The zero-order valence-electron chi connectivity index (χ0n) is 8.68. The Morgan fingerprint density at radius 1 is 1.38 bits per heavy atom. The van der Waals surface area contributed by atoms with Crippen molar-refractivity contribution in [1.29, 1.82) is 0 Å². The molecule has 1 heteroatoms. The Hall–Kier alpha value is -0.480. The predicted octanol–water partition coefficient (Wildman–Crippen LogP) is 2.43. The molecule has 1 rings (SSSR count). The lowest BCUT2D eigenvalue weighted by Gasteiger charge is -2.18. The van der Waals surface area contributed by atoms with Gasteiger partial charge in [-0.2, -0.15) is 0 Å². The lowest BCUT2D eigenvalue weighted by Crippen LogP contribution is -2.21. The number of terminal acetylenes is 1. The molecule has 1 aliphatic rings. The number of nitrogens with one attached hydrogen (secondary N) is 1. The molecule has 0 heterocycles. The Kier molecular flexibility index (Phi) is 4.93. The smallest absolute Gasteiger partial charge is 0.00861 e. The molecule has 2 unspecified atom stereocenters. The first-order valence-corrected chi connectivity index (χ1v) is 5.46. The molecule has 2 atom stereocenters. The number of hydrogen-bond acceptors (Lipinski definition) is 1. The van der Waals surface area contributed by atoms with Crippen LogP contribution in [0.4, 0.5) is 0 Å². The molecule has 1 aliphatic carbocycles. The fourth-order valence-corrected chi connectivity index (χ4v) is 2.49. The van der Waals surface area contributed by atoms with Gasteiger partial charge >= 0.3 is 0 Å². The van der Waals surface area contributed by atoms with Crippen molar-refractivity contribution in [1.82, 2.24) is 5.32 Å². The van der Waals surface area contributed by atoms with Gasteiger partial charge in [-0.05, 0) is 44.7 Å². The van der Waals surface area contributed by atoms with Crippen LogP contribution in [0.15, 0.2) is 0 Å². The molecule has 1 fully saturated rings. The van der Waals surface area contributed by atoms with E-state index in [9.17, 15) is 0 Å². The Balaban J connectivity index is 2.19.